The molecule has 0 fully saturated rings. The Kier molecular flexibility index (Phi) is 13.0. The lowest BCUT2D eigenvalue weighted by Gasteiger charge is -2.40. The van der Waals surface area contributed by atoms with Crippen molar-refractivity contribution in [2.24, 2.45) is 0 Å². The van der Waals surface area contributed by atoms with Gasteiger partial charge in [0.1, 0.15) is 23.0 Å². The zero-order valence-electron chi connectivity index (χ0n) is 31.1. The second kappa shape index (κ2) is 17.8. The van der Waals surface area contributed by atoms with E-state index in [0.29, 0.717) is 17.5 Å². The van der Waals surface area contributed by atoms with Gasteiger partial charge in [-0.2, -0.15) is 0 Å². The molecule has 7 nitrogen and oxygen atoms in total. The Morgan fingerprint density at radius 2 is 0.943 bits per heavy atom. The molecule has 0 amide bonds. The van der Waals surface area contributed by atoms with Crippen LogP contribution in [0.3, 0.4) is 0 Å². The zero-order chi connectivity index (χ0) is 37.8. The summed E-state index contributed by atoms with van der Waals surface area (Å²) in [6, 6.07) is 49.8. The first kappa shape index (κ1) is 38.7. The molecule has 0 spiro atoms. The largest absolute Gasteiger partial charge is 0.497 e. The van der Waals surface area contributed by atoms with Crippen LogP contribution in [0.4, 0.5) is 0 Å². The smallest absolute Gasteiger partial charge is 0.308 e. The lowest BCUT2D eigenvalue weighted by molar-refractivity contribution is -0.132. The van der Waals surface area contributed by atoms with Crippen LogP contribution in [0.1, 0.15) is 25.0 Å². The van der Waals surface area contributed by atoms with Crippen LogP contribution in [-0.4, -0.2) is 42.8 Å². The predicted molar refractivity (Wildman–Crippen MR) is 216 cm³/mol. The molecule has 0 heterocycles. The van der Waals surface area contributed by atoms with E-state index in [1.807, 2.05) is 78.9 Å². The maximum absolute atomic E-state index is 11.8. The van der Waals surface area contributed by atoms with E-state index in [0.717, 1.165) is 39.4 Å². The first-order chi connectivity index (χ1) is 25.5. The maximum atomic E-state index is 11.8. The number of hydrogen-bond acceptors (Lipinski definition) is 7. The quantitative estimate of drug-likeness (QED) is 0.0710. The predicted octanol–water partition coefficient (Wildman–Crippen LogP) is 8.24. The molecule has 0 bridgehead atoms. The highest BCUT2D eigenvalue weighted by molar-refractivity contribution is 6.97. The summed E-state index contributed by atoms with van der Waals surface area (Å²) in [7, 11) is -1.84. The number of rotatable bonds is 12. The molecular formula is C44H46O7Si2. The van der Waals surface area contributed by atoms with Crippen molar-refractivity contribution in [3.05, 3.63) is 157 Å². The highest BCUT2D eigenvalue weighted by Crippen LogP contribution is 2.30. The van der Waals surface area contributed by atoms with Gasteiger partial charge in [0, 0.05) is 13.8 Å². The number of ether oxygens (including phenoxy) is 4. The number of para-hydroxylation sites is 2. The molecule has 0 aliphatic heterocycles. The molecule has 0 radical (unpaired) electrons. The van der Waals surface area contributed by atoms with Crippen LogP contribution in [0.15, 0.2) is 146 Å². The van der Waals surface area contributed by atoms with Gasteiger partial charge >= 0.3 is 11.9 Å². The van der Waals surface area contributed by atoms with Crippen molar-refractivity contribution in [2.45, 2.75) is 39.0 Å². The Balaban J connectivity index is 0.000000281. The lowest BCUT2D eigenvalue weighted by Crippen LogP contribution is -2.63. The molecule has 2 unspecified atom stereocenters. The fourth-order valence-electron chi connectivity index (χ4n) is 6.51. The van der Waals surface area contributed by atoms with Gasteiger partial charge in [0.2, 0.25) is 16.6 Å². The van der Waals surface area contributed by atoms with E-state index in [9.17, 15) is 9.59 Å². The molecule has 2 atom stereocenters. The molecule has 0 aliphatic rings. The van der Waals surface area contributed by atoms with Crippen LogP contribution in [0, 0.1) is 0 Å². The third-order valence-electron chi connectivity index (χ3n) is 8.97. The topological polar surface area (TPSA) is 80.3 Å². The Bertz CT molecular complexity index is 2140. The van der Waals surface area contributed by atoms with Gasteiger partial charge in [-0.3, -0.25) is 9.59 Å². The third-order valence-corrected chi connectivity index (χ3v) is 17.8. The van der Waals surface area contributed by atoms with Crippen LogP contribution in [-0.2, 0) is 25.8 Å². The molecule has 272 valence electrons. The minimum Gasteiger partial charge on any atom is -0.497 e. The summed E-state index contributed by atoms with van der Waals surface area (Å²) in [5, 5.41) is 4.51. The minimum absolute atomic E-state index is 0.317. The van der Waals surface area contributed by atoms with E-state index in [1.165, 1.54) is 24.2 Å². The summed E-state index contributed by atoms with van der Waals surface area (Å²) in [6.07, 6.45) is 0. The second-order valence-electron chi connectivity index (χ2n) is 13.1. The zero-order valence-corrected chi connectivity index (χ0v) is 33.1. The Hall–Kier alpha value is -5.49. The first-order valence-corrected chi connectivity index (χ1v) is 22.7. The molecule has 6 aromatic carbocycles. The Labute approximate surface area is 314 Å². The molecule has 6 aromatic rings. The van der Waals surface area contributed by atoms with Gasteiger partial charge in [-0.25, -0.2) is 0 Å². The number of methoxy groups -OCH3 is 2. The van der Waals surface area contributed by atoms with Crippen molar-refractivity contribution in [1.82, 2.24) is 0 Å². The maximum Gasteiger partial charge on any atom is 0.308 e. The molecule has 0 saturated heterocycles. The van der Waals surface area contributed by atoms with Crippen molar-refractivity contribution >= 4 is 49.7 Å². The molecule has 9 heteroatoms. The van der Waals surface area contributed by atoms with Crippen molar-refractivity contribution in [3.63, 3.8) is 0 Å². The van der Waals surface area contributed by atoms with Crippen molar-refractivity contribution < 1.29 is 32.7 Å². The van der Waals surface area contributed by atoms with Crippen molar-refractivity contribution in [1.29, 1.82) is 0 Å². The van der Waals surface area contributed by atoms with Crippen LogP contribution in [0.2, 0.25) is 13.1 Å². The van der Waals surface area contributed by atoms with E-state index in [-0.39, 0.29) is 11.9 Å². The van der Waals surface area contributed by atoms with Crippen LogP contribution in [0.25, 0.3) is 10.8 Å². The number of hydrogen-bond donors (Lipinski definition) is 0. The lowest BCUT2D eigenvalue weighted by atomic mass is 10.1. The monoisotopic (exact) mass is 742 g/mol. The average Bonchev–Trinajstić information content (AvgIpc) is 3.16. The summed E-state index contributed by atoms with van der Waals surface area (Å²) in [4.78, 5) is 22.7. The van der Waals surface area contributed by atoms with Gasteiger partial charge in [-0.05, 0) is 93.9 Å². The van der Waals surface area contributed by atoms with Gasteiger partial charge in [0.05, 0.1) is 14.2 Å². The third kappa shape index (κ3) is 10.3. The van der Waals surface area contributed by atoms with E-state index >= 15 is 0 Å². The SMILES string of the molecule is COc1ccc2ccc(OC(C)=O)cc2c1.COc1ccccc1C[Si](C)(O[Si](C)(Cc1ccccc1OC(C)=O)c1ccccc1)c1ccccc1. The van der Waals surface area contributed by atoms with Gasteiger partial charge in [0.15, 0.2) is 0 Å². The number of fused-ring (bicyclic) bond motifs is 1. The highest BCUT2D eigenvalue weighted by atomic mass is 28.4. The molecular weight excluding hydrogens is 697 g/mol. The van der Waals surface area contributed by atoms with Crippen LogP contribution >= 0.6 is 0 Å². The van der Waals surface area contributed by atoms with E-state index in [2.05, 4.69) is 73.8 Å². The standard InChI is InChI=1S/C31H34O4Si2.C13H12O3/c1-25(32)34-31-22-14-12-16-27(31)24-37(4,29-19-9-6-10-20-29)35-36(3,28-17-7-5-8-18-28)23-26-15-11-13-21-30(26)33-2;1-9(14)16-13-6-4-10-3-5-12(15-2)7-11(10)8-13/h5-22H,23-24H2,1-4H3;3-8H,1-2H3. The highest BCUT2D eigenvalue weighted by Gasteiger charge is 2.43. The fraction of sp³-hybridized carbons (Fsp3) is 0.182. The first-order valence-electron chi connectivity index (χ1n) is 17.5. The number of carbonyl (C=O) groups excluding carboxylic acids is 2. The second-order valence-corrected chi connectivity index (χ2v) is 20.7. The summed E-state index contributed by atoms with van der Waals surface area (Å²) < 4.78 is 29.0. The Morgan fingerprint density at radius 3 is 1.45 bits per heavy atom. The minimum atomic E-state index is -2.62. The summed E-state index contributed by atoms with van der Waals surface area (Å²) >= 11 is 0. The van der Waals surface area contributed by atoms with Gasteiger partial charge in [-0.1, -0.05) is 109 Å². The number of benzene rings is 6. The van der Waals surface area contributed by atoms with Gasteiger partial charge < -0.3 is 23.1 Å². The molecule has 53 heavy (non-hydrogen) atoms. The van der Waals surface area contributed by atoms with E-state index < -0.39 is 16.6 Å². The Morgan fingerprint density at radius 1 is 0.491 bits per heavy atom. The van der Waals surface area contributed by atoms with Crippen LogP contribution < -0.4 is 29.3 Å². The van der Waals surface area contributed by atoms with Gasteiger partial charge in [0.25, 0.3) is 0 Å². The van der Waals surface area contributed by atoms with E-state index in [1.54, 1.807) is 20.3 Å². The molecule has 0 aliphatic carbocycles. The van der Waals surface area contributed by atoms with Crippen molar-refractivity contribution in [3.8, 4) is 23.0 Å². The summed E-state index contributed by atoms with van der Waals surface area (Å²) in [5.41, 5.74) is 2.13. The normalized spacial score (nSPS) is 13.0. The number of carbonyl (C=O) groups is 2. The van der Waals surface area contributed by atoms with Crippen LogP contribution in [0.5, 0.6) is 23.0 Å². The summed E-state index contributed by atoms with van der Waals surface area (Å²) in [5.74, 6) is 2.17. The van der Waals surface area contributed by atoms with E-state index in [4.69, 9.17) is 23.1 Å². The molecule has 0 aromatic heterocycles. The summed E-state index contributed by atoms with van der Waals surface area (Å²) in [6.45, 7) is 7.41. The fourth-order valence-corrected chi connectivity index (χ4v) is 16.3. The molecule has 6 rings (SSSR count). The molecule has 0 N–H and O–H groups in total. The molecule has 0 saturated carbocycles. The average molecular weight is 743 g/mol. The van der Waals surface area contributed by atoms with Crippen molar-refractivity contribution in [2.75, 3.05) is 14.2 Å². The number of esters is 2. The van der Waals surface area contributed by atoms with Gasteiger partial charge in [-0.15, -0.1) is 0 Å².